The van der Waals surface area contributed by atoms with Crippen molar-refractivity contribution in [2.75, 3.05) is 49.3 Å². The van der Waals surface area contributed by atoms with Gasteiger partial charge < -0.3 is 19.9 Å². The van der Waals surface area contributed by atoms with E-state index in [1.165, 1.54) is 0 Å². The van der Waals surface area contributed by atoms with Crippen LogP contribution in [0.5, 0.6) is 0 Å². The minimum absolute atomic E-state index is 0.00313. The highest BCUT2D eigenvalue weighted by molar-refractivity contribution is 7.99. The molecule has 1 saturated carbocycles. The Morgan fingerprint density at radius 1 is 1.10 bits per heavy atom. The average molecular weight is 592 g/mol. The van der Waals surface area contributed by atoms with Gasteiger partial charge in [-0.3, -0.25) is 9.69 Å². The molecule has 1 N–H and O–H groups in total. The number of hydrogen-bond acceptors (Lipinski definition) is 7. The standard InChI is InChI=1S/C26H37ClF3N5O3S/c1-25(2,3)38-24(37)32-21(23(36)35-12-13-39-16-35)17-4-6-19(7-5-17)33-8-10-34(11-9-33)22-20(27)14-18(15-31-22)26(28,29)30/h14-15,17,19,21H,4-13,16H2,1-3H3,(H,32,37)/t17?,19?,21-/m0/s1. The van der Waals surface area contributed by atoms with Gasteiger partial charge in [-0.05, 0) is 58.4 Å². The number of thioether (sulfide) groups is 1. The maximum atomic E-state index is 13.4. The van der Waals surface area contributed by atoms with Crippen LogP contribution in [0.2, 0.25) is 5.02 Å². The molecule has 218 valence electrons. The Balaban J connectivity index is 1.32. The van der Waals surface area contributed by atoms with Gasteiger partial charge >= 0.3 is 12.3 Å². The van der Waals surface area contributed by atoms with E-state index in [0.717, 1.165) is 56.8 Å². The normalized spacial score (nSPS) is 24.0. The molecule has 3 aliphatic rings. The molecule has 3 fully saturated rings. The van der Waals surface area contributed by atoms with Crippen molar-refractivity contribution < 1.29 is 27.5 Å². The first kappa shape index (κ1) is 30.0. The molecule has 0 bridgehead atoms. The van der Waals surface area contributed by atoms with Crippen LogP contribution < -0.4 is 10.2 Å². The smallest absolute Gasteiger partial charge is 0.417 e. The minimum atomic E-state index is -4.48. The third kappa shape index (κ3) is 7.85. The summed E-state index contributed by atoms with van der Waals surface area (Å²) in [5, 5.41) is 2.89. The Labute approximate surface area is 236 Å². The van der Waals surface area contributed by atoms with Crippen molar-refractivity contribution in [1.82, 2.24) is 20.1 Å². The lowest BCUT2D eigenvalue weighted by Crippen LogP contribution is -2.55. The van der Waals surface area contributed by atoms with Gasteiger partial charge in [0.05, 0.1) is 16.5 Å². The maximum Gasteiger partial charge on any atom is 0.417 e. The molecule has 1 aromatic heterocycles. The van der Waals surface area contributed by atoms with Crippen molar-refractivity contribution in [3.8, 4) is 0 Å². The summed E-state index contributed by atoms with van der Waals surface area (Å²) in [5.74, 6) is 1.91. The second-order valence-corrected chi connectivity index (χ2v) is 12.9. The second kappa shape index (κ2) is 12.3. The molecular weight excluding hydrogens is 555 g/mol. The molecule has 2 amide bonds. The van der Waals surface area contributed by atoms with Crippen molar-refractivity contribution in [3.05, 3.63) is 22.8 Å². The quantitative estimate of drug-likeness (QED) is 0.524. The van der Waals surface area contributed by atoms with E-state index in [2.05, 4.69) is 15.2 Å². The van der Waals surface area contributed by atoms with Crippen molar-refractivity contribution in [2.45, 2.75) is 70.3 Å². The van der Waals surface area contributed by atoms with Gasteiger partial charge in [0.25, 0.3) is 0 Å². The molecule has 39 heavy (non-hydrogen) atoms. The van der Waals surface area contributed by atoms with Crippen molar-refractivity contribution in [3.63, 3.8) is 0 Å². The molecule has 0 unspecified atom stereocenters. The maximum absolute atomic E-state index is 13.4. The van der Waals surface area contributed by atoms with Gasteiger partial charge in [0.2, 0.25) is 5.91 Å². The number of nitrogens with one attached hydrogen (secondary N) is 1. The SMILES string of the molecule is CC(C)(C)OC(=O)N[C@H](C(=O)N1CCSC1)C1CCC(N2CCN(c3ncc(C(F)(F)F)cc3Cl)CC2)CC1. The monoisotopic (exact) mass is 591 g/mol. The predicted octanol–water partition coefficient (Wildman–Crippen LogP) is 4.86. The van der Waals surface area contributed by atoms with Crippen LogP contribution in [0.3, 0.4) is 0 Å². The first-order valence-corrected chi connectivity index (χ1v) is 14.9. The van der Waals surface area contributed by atoms with E-state index >= 15 is 0 Å². The summed E-state index contributed by atoms with van der Waals surface area (Å²) < 4.78 is 44.3. The summed E-state index contributed by atoms with van der Waals surface area (Å²) in [4.78, 5) is 36.1. The van der Waals surface area contributed by atoms with Crippen LogP contribution in [-0.2, 0) is 15.7 Å². The molecule has 1 aliphatic carbocycles. The Kier molecular flexibility index (Phi) is 9.48. The molecule has 0 radical (unpaired) electrons. The number of alkyl carbamates (subject to hydrolysis) is 1. The molecule has 2 saturated heterocycles. The third-order valence-corrected chi connectivity index (χ3v) is 8.74. The number of ether oxygens (including phenoxy) is 1. The third-order valence-electron chi connectivity index (χ3n) is 7.49. The first-order valence-electron chi connectivity index (χ1n) is 13.4. The molecular formula is C26H37ClF3N5O3S. The average Bonchev–Trinajstić information content (AvgIpc) is 3.41. The van der Waals surface area contributed by atoms with Crippen LogP contribution in [0, 0.1) is 5.92 Å². The van der Waals surface area contributed by atoms with Gasteiger partial charge in [0.1, 0.15) is 17.5 Å². The number of halogens is 4. The molecule has 2 aliphatic heterocycles. The zero-order chi connectivity index (χ0) is 28.4. The summed E-state index contributed by atoms with van der Waals surface area (Å²) in [6.45, 7) is 8.81. The van der Waals surface area contributed by atoms with Gasteiger partial charge in [-0.15, -0.1) is 11.8 Å². The number of carbonyl (C=O) groups excluding carboxylic acids is 2. The van der Waals surface area contributed by atoms with Gasteiger partial charge in [-0.1, -0.05) is 11.6 Å². The van der Waals surface area contributed by atoms with E-state index in [-0.39, 0.29) is 16.8 Å². The van der Waals surface area contributed by atoms with E-state index in [9.17, 15) is 22.8 Å². The topological polar surface area (TPSA) is 78.0 Å². The lowest BCUT2D eigenvalue weighted by molar-refractivity contribution is -0.137. The molecule has 3 heterocycles. The fourth-order valence-corrected chi connectivity index (χ4v) is 6.76. The predicted molar refractivity (Wildman–Crippen MR) is 146 cm³/mol. The number of alkyl halides is 3. The number of nitrogens with zero attached hydrogens (tertiary/aromatic N) is 4. The summed E-state index contributed by atoms with van der Waals surface area (Å²) in [5.41, 5.74) is -1.51. The van der Waals surface area contributed by atoms with E-state index in [0.29, 0.717) is 37.4 Å². The number of carbonyl (C=O) groups is 2. The van der Waals surface area contributed by atoms with Crippen LogP contribution in [0.4, 0.5) is 23.8 Å². The molecule has 1 atom stereocenters. The van der Waals surface area contributed by atoms with E-state index in [4.69, 9.17) is 16.3 Å². The highest BCUT2D eigenvalue weighted by Gasteiger charge is 2.39. The zero-order valence-corrected chi connectivity index (χ0v) is 24.2. The van der Waals surface area contributed by atoms with Crippen molar-refractivity contribution >= 4 is 41.2 Å². The Morgan fingerprint density at radius 2 is 1.77 bits per heavy atom. The van der Waals surface area contributed by atoms with Crippen molar-refractivity contribution in [2.24, 2.45) is 5.92 Å². The number of anilines is 1. The second-order valence-electron chi connectivity index (χ2n) is 11.4. The van der Waals surface area contributed by atoms with Gasteiger partial charge in [-0.2, -0.15) is 13.2 Å². The molecule has 8 nitrogen and oxygen atoms in total. The van der Waals surface area contributed by atoms with Gasteiger partial charge in [0.15, 0.2) is 0 Å². The highest BCUT2D eigenvalue weighted by atomic mass is 35.5. The number of piperazine rings is 1. The van der Waals surface area contributed by atoms with Crippen LogP contribution in [0.25, 0.3) is 0 Å². The molecule has 1 aromatic rings. The molecule has 4 rings (SSSR count). The van der Waals surface area contributed by atoms with Gasteiger partial charge in [0, 0.05) is 50.7 Å². The lowest BCUT2D eigenvalue weighted by Gasteiger charge is -2.43. The van der Waals surface area contributed by atoms with E-state index < -0.39 is 29.5 Å². The van der Waals surface area contributed by atoms with Crippen molar-refractivity contribution in [1.29, 1.82) is 0 Å². The van der Waals surface area contributed by atoms with E-state index in [1.807, 2.05) is 9.80 Å². The number of rotatable bonds is 5. The number of hydrogen-bond donors (Lipinski definition) is 1. The lowest BCUT2D eigenvalue weighted by atomic mass is 9.80. The fraction of sp³-hybridized carbons (Fsp3) is 0.731. The number of pyridine rings is 1. The minimum Gasteiger partial charge on any atom is -0.444 e. The molecule has 0 spiro atoms. The van der Waals surface area contributed by atoms with Crippen LogP contribution in [0.15, 0.2) is 12.3 Å². The Morgan fingerprint density at radius 3 is 2.31 bits per heavy atom. The number of amides is 2. The summed E-state index contributed by atoms with van der Waals surface area (Å²) >= 11 is 7.87. The highest BCUT2D eigenvalue weighted by Crippen LogP contribution is 2.35. The summed E-state index contributed by atoms with van der Waals surface area (Å²) in [6, 6.07) is 0.671. The molecule has 13 heteroatoms. The van der Waals surface area contributed by atoms with Gasteiger partial charge in [-0.25, -0.2) is 9.78 Å². The molecule has 0 aromatic carbocycles. The first-order chi connectivity index (χ1) is 18.3. The van der Waals surface area contributed by atoms with Crippen LogP contribution >= 0.6 is 23.4 Å². The largest absolute Gasteiger partial charge is 0.444 e. The van der Waals surface area contributed by atoms with Crippen LogP contribution in [-0.4, -0.2) is 88.8 Å². The summed E-state index contributed by atoms with van der Waals surface area (Å²) in [7, 11) is 0. The zero-order valence-electron chi connectivity index (χ0n) is 22.6. The van der Waals surface area contributed by atoms with Crippen LogP contribution in [0.1, 0.15) is 52.0 Å². The number of aromatic nitrogens is 1. The Bertz CT molecular complexity index is 1020. The summed E-state index contributed by atoms with van der Waals surface area (Å²) in [6.07, 6.45) is -0.794. The Hall–Kier alpha value is -1.92. The fourth-order valence-electron chi connectivity index (χ4n) is 5.52. The van der Waals surface area contributed by atoms with E-state index in [1.54, 1.807) is 32.5 Å².